The third kappa shape index (κ3) is 5.71. The largest absolute Gasteiger partial charge is 0.330 e. The Morgan fingerprint density at radius 1 is 1.33 bits per heavy atom. The van der Waals surface area contributed by atoms with Gasteiger partial charge in [-0.05, 0) is 44.2 Å². The Hall–Kier alpha value is -1.62. The van der Waals surface area contributed by atoms with Crippen molar-refractivity contribution in [2.24, 2.45) is 17.6 Å². The van der Waals surface area contributed by atoms with Crippen molar-refractivity contribution in [1.29, 1.82) is 0 Å². The lowest BCUT2D eigenvalue weighted by Gasteiger charge is -2.19. The monoisotopic (exact) mass is 293 g/mol. The lowest BCUT2D eigenvalue weighted by Crippen LogP contribution is -2.21. The topological polar surface area (TPSA) is 77.1 Å². The number of nitrogens with one attached hydrogen (secondary N) is 1. The summed E-state index contributed by atoms with van der Waals surface area (Å²) in [7, 11) is 0. The van der Waals surface area contributed by atoms with Gasteiger partial charge >= 0.3 is 0 Å². The number of pyridine rings is 1. The van der Waals surface area contributed by atoms with E-state index in [-0.39, 0.29) is 11.5 Å². The van der Waals surface area contributed by atoms with Crippen molar-refractivity contribution < 1.29 is 4.79 Å². The lowest BCUT2D eigenvalue weighted by atomic mass is 9.88. The van der Waals surface area contributed by atoms with E-state index in [9.17, 15) is 9.59 Å². The molecule has 0 saturated carbocycles. The molecule has 1 heterocycles. The van der Waals surface area contributed by atoms with Gasteiger partial charge in [-0.2, -0.15) is 0 Å². The molecule has 0 fully saturated rings. The number of rotatable bonds is 8. The van der Waals surface area contributed by atoms with Gasteiger partial charge in [0.05, 0.1) is 5.69 Å². The van der Waals surface area contributed by atoms with Crippen LogP contribution >= 0.6 is 0 Å². The van der Waals surface area contributed by atoms with Crippen molar-refractivity contribution in [3.8, 4) is 0 Å². The third-order valence-corrected chi connectivity index (χ3v) is 3.83. The second kappa shape index (κ2) is 8.62. The van der Waals surface area contributed by atoms with Crippen molar-refractivity contribution in [3.63, 3.8) is 0 Å². The average molecular weight is 293 g/mol. The van der Waals surface area contributed by atoms with E-state index in [1.54, 1.807) is 16.8 Å². The number of carbonyl (C=O) groups excluding carboxylic acids is 1. The van der Waals surface area contributed by atoms with E-state index in [2.05, 4.69) is 19.2 Å². The molecule has 0 aliphatic heterocycles. The molecular weight excluding hydrogens is 266 g/mol. The number of aryl methyl sites for hydroxylation is 1. The van der Waals surface area contributed by atoms with E-state index in [0.29, 0.717) is 37.0 Å². The van der Waals surface area contributed by atoms with Crippen LogP contribution in [0.1, 0.15) is 40.0 Å². The second-order valence-electron chi connectivity index (χ2n) is 5.71. The number of aromatic nitrogens is 1. The van der Waals surface area contributed by atoms with Gasteiger partial charge in [0.2, 0.25) is 5.91 Å². The molecule has 0 aliphatic carbocycles. The summed E-state index contributed by atoms with van der Waals surface area (Å²) in [6.45, 7) is 7.47. The number of carbonyl (C=O) groups is 1. The van der Waals surface area contributed by atoms with E-state index < -0.39 is 0 Å². The first kappa shape index (κ1) is 17.4. The van der Waals surface area contributed by atoms with Crippen LogP contribution in [0.4, 0.5) is 5.69 Å². The van der Waals surface area contributed by atoms with Gasteiger partial charge in [0, 0.05) is 25.2 Å². The molecule has 1 aromatic rings. The second-order valence-corrected chi connectivity index (χ2v) is 5.71. The minimum Gasteiger partial charge on any atom is -0.330 e. The number of anilines is 1. The summed E-state index contributed by atoms with van der Waals surface area (Å²) in [4.78, 5) is 23.5. The predicted molar refractivity (Wildman–Crippen MR) is 86.2 cm³/mol. The van der Waals surface area contributed by atoms with E-state index in [1.807, 2.05) is 6.92 Å². The van der Waals surface area contributed by atoms with Crippen LogP contribution in [0.3, 0.4) is 0 Å². The minimum atomic E-state index is -0.0571. The fourth-order valence-electron chi connectivity index (χ4n) is 2.42. The zero-order valence-electron chi connectivity index (χ0n) is 13.3. The summed E-state index contributed by atoms with van der Waals surface area (Å²) in [5, 5.41) is 2.85. The molecule has 5 heteroatoms. The van der Waals surface area contributed by atoms with E-state index in [4.69, 9.17) is 5.73 Å². The molecule has 0 saturated heterocycles. The first-order valence-corrected chi connectivity index (χ1v) is 7.68. The molecule has 1 unspecified atom stereocenters. The molecule has 1 atom stereocenters. The van der Waals surface area contributed by atoms with Gasteiger partial charge in [0.25, 0.3) is 5.56 Å². The van der Waals surface area contributed by atoms with Crippen LogP contribution < -0.4 is 16.6 Å². The third-order valence-electron chi connectivity index (χ3n) is 3.83. The molecule has 0 radical (unpaired) electrons. The Balaban J connectivity index is 2.55. The Morgan fingerprint density at radius 3 is 2.62 bits per heavy atom. The maximum absolute atomic E-state index is 12.0. The van der Waals surface area contributed by atoms with Gasteiger partial charge in [-0.1, -0.05) is 13.8 Å². The van der Waals surface area contributed by atoms with Crippen LogP contribution in [0.15, 0.2) is 23.1 Å². The molecule has 21 heavy (non-hydrogen) atoms. The summed E-state index contributed by atoms with van der Waals surface area (Å²) >= 11 is 0. The molecule has 5 nitrogen and oxygen atoms in total. The van der Waals surface area contributed by atoms with Crippen LogP contribution in [0.2, 0.25) is 0 Å². The van der Waals surface area contributed by atoms with Crippen LogP contribution in [-0.4, -0.2) is 17.0 Å². The van der Waals surface area contributed by atoms with Crippen molar-refractivity contribution >= 4 is 11.6 Å². The number of amides is 1. The summed E-state index contributed by atoms with van der Waals surface area (Å²) in [6.07, 6.45) is 3.95. The predicted octanol–water partition coefficient (Wildman–Crippen LogP) is 2.21. The number of nitrogens with zero attached hydrogens (tertiary/aromatic N) is 1. The van der Waals surface area contributed by atoms with Gasteiger partial charge in [0.15, 0.2) is 0 Å². The Labute approximate surface area is 126 Å². The number of nitrogens with two attached hydrogens (primary N) is 1. The van der Waals surface area contributed by atoms with Crippen LogP contribution in [-0.2, 0) is 11.3 Å². The molecule has 118 valence electrons. The normalized spacial score (nSPS) is 12.4. The Bertz CT molecular complexity index is 508. The average Bonchev–Trinajstić information content (AvgIpc) is 2.45. The molecule has 1 amide bonds. The first-order valence-electron chi connectivity index (χ1n) is 7.68. The molecule has 3 N–H and O–H groups in total. The smallest absolute Gasteiger partial charge is 0.250 e. The quantitative estimate of drug-likeness (QED) is 0.771. The zero-order valence-corrected chi connectivity index (χ0v) is 13.3. The summed E-state index contributed by atoms with van der Waals surface area (Å²) in [5.41, 5.74) is 6.22. The van der Waals surface area contributed by atoms with Gasteiger partial charge in [0.1, 0.15) is 0 Å². The molecule has 0 aliphatic rings. The van der Waals surface area contributed by atoms with E-state index in [0.717, 1.165) is 12.8 Å². The van der Waals surface area contributed by atoms with E-state index >= 15 is 0 Å². The molecule has 1 rings (SSSR count). The number of hydrogen-bond donors (Lipinski definition) is 2. The van der Waals surface area contributed by atoms with Crippen molar-refractivity contribution in [2.75, 3.05) is 11.9 Å². The van der Waals surface area contributed by atoms with Crippen LogP contribution in [0.5, 0.6) is 0 Å². The summed E-state index contributed by atoms with van der Waals surface area (Å²) in [6, 6.07) is 3.12. The highest BCUT2D eigenvalue weighted by atomic mass is 16.1. The first-order chi connectivity index (χ1) is 9.97. The van der Waals surface area contributed by atoms with Crippen LogP contribution in [0, 0.1) is 11.8 Å². The zero-order chi connectivity index (χ0) is 15.8. The molecule has 0 aromatic carbocycles. The highest BCUT2D eigenvalue weighted by Crippen LogP contribution is 2.20. The fraction of sp³-hybridized carbons (Fsp3) is 0.625. The molecular formula is C16H27N3O2. The fourth-order valence-corrected chi connectivity index (χ4v) is 2.42. The number of hydrogen-bond acceptors (Lipinski definition) is 3. The maximum atomic E-state index is 12.0. The van der Waals surface area contributed by atoms with Gasteiger partial charge in [-0.25, -0.2) is 0 Å². The van der Waals surface area contributed by atoms with Crippen molar-refractivity contribution in [2.45, 2.75) is 46.6 Å². The standard InChI is InChI=1S/C16H27N3O2/c1-4-19-11-14(6-8-16(19)21)18-15(20)7-5-13(9-10-17)12(2)3/h6,8,11-13H,4-5,7,9-10,17H2,1-3H3,(H,18,20). The maximum Gasteiger partial charge on any atom is 0.250 e. The molecule has 0 bridgehead atoms. The minimum absolute atomic E-state index is 0.0148. The SMILES string of the molecule is CCn1cc(NC(=O)CCC(CCN)C(C)C)ccc1=O. The van der Waals surface area contributed by atoms with Crippen LogP contribution in [0.25, 0.3) is 0 Å². The van der Waals surface area contributed by atoms with Gasteiger partial charge in [-0.3, -0.25) is 9.59 Å². The highest BCUT2D eigenvalue weighted by molar-refractivity contribution is 5.90. The molecule has 1 aromatic heterocycles. The Kier molecular flexibility index (Phi) is 7.15. The summed E-state index contributed by atoms with van der Waals surface area (Å²) < 4.78 is 1.57. The highest BCUT2D eigenvalue weighted by Gasteiger charge is 2.14. The van der Waals surface area contributed by atoms with Crippen molar-refractivity contribution in [1.82, 2.24) is 4.57 Å². The van der Waals surface area contributed by atoms with Crippen molar-refractivity contribution in [3.05, 3.63) is 28.7 Å². The Morgan fingerprint density at radius 2 is 2.05 bits per heavy atom. The summed E-state index contributed by atoms with van der Waals surface area (Å²) in [5.74, 6) is 0.993. The molecule has 0 spiro atoms. The lowest BCUT2D eigenvalue weighted by molar-refractivity contribution is -0.116. The van der Waals surface area contributed by atoms with Gasteiger partial charge in [-0.15, -0.1) is 0 Å². The van der Waals surface area contributed by atoms with Gasteiger partial charge < -0.3 is 15.6 Å². The van der Waals surface area contributed by atoms with E-state index in [1.165, 1.54) is 6.07 Å².